The van der Waals surface area contributed by atoms with Crippen molar-refractivity contribution in [2.75, 3.05) is 6.61 Å². The van der Waals surface area contributed by atoms with Gasteiger partial charge in [0.25, 0.3) is 5.56 Å². The molecule has 0 spiro atoms. The van der Waals surface area contributed by atoms with Gasteiger partial charge in [-0.1, -0.05) is 23.9 Å². The van der Waals surface area contributed by atoms with Crippen LogP contribution in [0.2, 0.25) is 0 Å². The van der Waals surface area contributed by atoms with Crippen LogP contribution in [-0.2, 0) is 11.3 Å². The second kappa shape index (κ2) is 7.08. The Bertz CT molecular complexity index is 1030. The van der Waals surface area contributed by atoms with Crippen molar-refractivity contribution in [1.82, 2.24) is 24.7 Å². The van der Waals surface area contributed by atoms with Crippen LogP contribution in [0.5, 0.6) is 0 Å². The number of hydrogen-bond donors (Lipinski definition) is 2. The highest BCUT2D eigenvalue weighted by Gasteiger charge is 2.22. The van der Waals surface area contributed by atoms with E-state index in [1.54, 1.807) is 10.6 Å². The minimum atomic E-state index is -0.254. The van der Waals surface area contributed by atoms with E-state index in [0.29, 0.717) is 28.4 Å². The number of fused-ring (bicyclic) bond motifs is 1. The summed E-state index contributed by atoms with van der Waals surface area (Å²) < 4.78 is 7.21. The molecule has 0 radical (unpaired) electrons. The molecule has 1 fully saturated rings. The average molecular weight is 373 g/mol. The minimum Gasteiger partial charge on any atom is -0.376 e. The van der Waals surface area contributed by atoms with Gasteiger partial charge in [-0.05, 0) is 31.9 Å². The van der Waals surface area contributed by atoms with Crippen molar-refractivity contribution in [1.29, 1.82) is 0 Å². The Kier molecular flexibility index (Phi) is 4.64. The summed E-state index contributed by atoms with van der Waals surface area (Å²) in [6, 6.07) is 7.22. The van der Waals surface area contributed by atoms with Gasteiger partial charge >= 0.3 is 5.69 Å². The Labute approximate surface area is 153 Å². The molecule has 2 aromatic heterocycles. The van der Waals surface area contributed by atoms with Crippen molar-refractivity contribution < 1.29 is 4.74 Å². The predicted molar refractivity (Wildman–Crippen MR) is 98.5 cm³/mol. The van der Waals surface area contributed by atoms with Crippen molar-refractivity contribution in [3.8, 4) is 0 Å². The van der Waals surface area contributed by atoms with Crippen molar-refractivity contribution in [2.24, 2.45) is 0 Å². The number of aromatic nitrogens is 5. The molecular weight excluding hydrogens is 354 g/mol. The van der Waals surface area contributed by atoms with E-state index in [1.807, 2.05) is 25.1 Å². The maximum atomic E-state index is 12.3. The predicted octanol–water partition coefficient (Wildman–Crippen LogP) is 1.84. The zero-order valence-electron chi connectivity index (χ0n) is 14.3. The summed E-state index contributed by atoms with van der Waals surface area (Å²) in [7, 11) is 0. The Hall–Kier alpha value is -2.39. The van der Waals surface area contributed by atoms with Gasteiger partial charge in [0.2, 0.25) is 0 Å². The monoisotopic (exact) mass is 373 g/mol. The highest BCUT2D eigenvalue weighted by atomic mass is 32.2. The molecular formula is C17H19N5O3S. The Morgan fingerprint density at radius 3 is 3.04 bits per heavy atom. The van der Waals surface area contributed by atoms with Gasteiger partial charge in [-0.25, -0.2) is 14.9 Å². The fourth-order valence-electron chi connectivity index (χ4n) is 3.06. The number of H-pyrrole nitrogens is 2. The van der Waals surface area contributed by atoms with Crippen LogP contribution < -0.4 is 11.2 Å². The average Bonchev–Trinajstić information content (AvgIpc) is 3.27. The maximum Gasteiger partial charge on any atom is 0.344 e. The van der Waals surface area contributed by atoms with E-state index in [-0.39, 0.29) is 22.6 Å². The lowest BCUT2D eigenvalue weighted by molar-refractivity contribution is 0.0941. The summed E-state index contributed by atoms with van der Waals surface area (Å²) in [5, 5.41) is 7.57. The molecule has 1 aromatic carbocycles. The van der Waals surface area contributed by atoms with Crippen LogP contribution in [-0.4, -0.2) is 37.4 Å². The first kappa shape index (κ1) is 17.0. The van der Waals surface area contributed by atoms with Gasteiger partial charge in [-0.3, -0.25) is 9.36 Å². The maximum absolute atomic E-state index is 12.3. The summed E-state index contributed by atoms with van der Waals surface area (Å²) in [6.07, 6.45) is 1.99. The van der Waals surface area contributed by atoms with Crippen LogP contribution in [0.4, 0.5) is 0 Å². The lowest BCUT2D eigenvalue weighted by atomic mass is 10.2. The van der Waals surface area contributed by atoms with Crippen molar-refractivity contribution in [3.63, 3.8) is 0 Å². The van der Waals surface area contributed by atoms with Crippen molar-refractivity contribution in [2.45, 2.75) is 42.8 Å². The quantitative estimate of drug-likeness (QED) is 0.661. The first-order valence-electron chi connectivity index (χ1n) is 8.54. The molecule has 136 valence electrons. The van der Waals surface area contributed by atoms with Gasteiger partial charge < -0.3 is 9.72 Å². The molecule has 0 aliphatic carbocycles. The Morgan fingerprint density at radius 1 is 1.38 bits per heavy atom. The molecule has 2 atom stereocenters. The Morgan fingerprint density at radius 2 is 2.23 bits per heavy atom. The molecule has 3 heterocycles. The zero-order valence-corrected chi connectivity index (χ0v) is 15.1. The normalized spacial score (nSPS) is 18.4. The molecule has 9 heteroatoms. The Balaban J connectivity index is 1.59. The second-order valence-corrected chi connectivity index (χ2v) is 7.59. The zero-order chi connectivity index (χ0) is 18.1. The second-order valence-electron chi connectivity index (χ2n) is 6.29. The van der Waals surface area contributed by atoms with E-state index in [1.165, 1.54) is 11.8 Å². The van der Waals surface area contributed by atoms with Crippen molar-refractivity contribution in [3.05, 3.63) is 50.9 Å². The number of nitrogens with one attached hydrogen (secondary N) is 2. The van der Waals surface area contributed by atoms with Crippen LogP contribution in [0.25, 0.3) is 10.9 Å². The third kappa shape index (κ3) is 3.32. The molecule has 3 aromatic rings. The molecule has 26 heavy (non-hydrogen) atoms. The number of hydrogen-bond acceptors (Lipinski definition) is 6. The first-order valence-corrected chi connectivity index (χ1v) is 9.42. The molecule has 0 amide bonds. The van der Waals surface area contributed by atoms with Gasteiger partial charge in [0, 0.05) is 6.61 Å². The van der Waals surface area contributed by atoms with Crippen LogP contribution >= 0.6 is 11.8 Å². The van der Waals surface area contributed by atoms with Gasteiger partial charge in [0.15, 0.2) is 5.16 Å². The number of rotatable bonds is 5. The number of ether oxygens (including phenoxy) is 1. The molecule has 1 aliphatic rings. The number of thioether (sulfide) groups is 1. The van der Waals surface area contributed by atoms with E-state index < -0.39 is 0 Å². The molecule has 0 unspecified atom stereocenters. The minimum absolute atomic E-state index is 0.0403. The summed E-state index contributed by atoms with van der Waals surface area (Å²) in [4.78, 5) is 31.7. The van der Waals surface area contributed by atoms with Gasteiger partial charge in [-0.2, -0.15) is 0 Å². The van der Waals surface area contributed by atoms with E-state index in [4.69, 9.17) is 4.74 Å². The van der Waals surface area contributed by atoms with E-state index in [2.05, 4.69) is 20.2 Å². The van der Waals surface area contributed by atoms with Gasteiger partial charge in [0.1, 0.15) is 5.82 Å². The number of benzene rings is 1. The summed E-state index contributed by atoms with van der Waals surface area (Å²) in [5.41, 5.74) is 0.226. The molecule has 1 saturated heterocycles. The first-order chi connectivity index (χ1) is 12.6. The number of nitrogens with zero attached hydrogens (tertiary/aromatic N) is 3. The van der Waals surface area contributed by atoms with Gasteiger partial charge in [-0.15, -0.1) is 5.10 Å². The number of aromatic amines is 2. The number of para-hydroxylation sites is 1. The fraction of sp³-hybridized carbons (Fsp3) is 0.412. The SMILES string of the molecule is C[C@H](Sc1n[nH]c(=O)n1C[C@H]1CCCO1)c1nc2ccccc2c(=O)[nH]1. The van der Waals surface area contributed by atoms with Crippen LogP contribution in [0.15, 0.2) is 39.0 Å². The highest BCUT2D eigenvalue weighted by Crippen LogP contribution is 2.31. The lowest BCUT2D eigenvalue weighted by Crippen LogP contribution is -2.25. The van der Waals surface area contributed by atoms with Gasteiger partial charge in [0.05, 0.1) is 28.8 Å². The molecule has 0 bridgehead atoms. The third-order valence-electron chi connectivity index (χ3n) is 4.43. The standard InChI is InChI=1S/C17H19N5O3S/c1-10(14-18-13-7-3-2-6-12(13)15(23)19-14)26-17-21-20-16(24)22(17)9-11-5-4-8-25-11/h2-3,6-7,10-11H,4-5,8-9H2,1H3,(H,20,24)(H,18,19,23)/t10-,11+/m0/s1. The summed E-state index contributed by atoms with van der Waals surface area (Å²) in [5.74, 6) is 0.554. The topological polar surface area (TPSA) is 106 Å². The molecule has 0 saturated carbocycles. The molecule has 1 aliphatic heterocycles. The van der Waals surface area contributed by atoms with Crippen LogP contribution in [0.3, 0.4) is 0 Å². The highest BCUT2D eigenvalue weighted by molar-refractivity contribution is 7.99. The fourth-order valence-corrected chi connectivity index (χ4v) is 3.98. The summed E-state index contributed by atoms with van der Waals surface area (Å²) in [6.45, 7) is 3.14. The van der Waals surface area contributed by atoms with Crippen LogP contribution in [0.1, 0.15) is 30.8 Å². The third-order valence-corrected chi connectivity index (χ3v) is 5.53. The molecule has 8 nitrogen and oxygen atoms in total. The van der Waals surface area contributed by atoms with E-state index >= 15 is 0 Å². The molecule has 2 N–H and O–H groups in total. The van der Waals surface area contributed by atoms with E-state index in [9.17, 15) is 9.59 Å². The largest absolute Gasteiger partial charge is 0.376 e. The smallest absolute Gasteiger partial charge is 0.344 e. The van der Waals surface area contributed by atoms with E-state index in [0.717, 1.165) is 19.4 Å². The summed E-state index contributed by atoms with van der Waals surface area (Å²) >= 11 is 1.38. The van der Waals surface area contributed by atoms with Crippen molar-refractivity contribution >= 4 is 22.7 Å². The van der Waals surface area contributed by atoms with Crippen LogP contribution in [0, 0.1) is 0 Å². The molecule has 4 rings (SSSR count). The lowest BCUT2D eigenvalue weighted by Gasteiger charge is -2.13.